The lowest BCUT2D eigenvalue weighted by atomic mass is 10.0. The van der Waals surface area contributed by atoms with E-state index in [4.69, 9.17) is 5.41 Å². The number of hydrogen-bond acceptors (Lipinski definition) is 3. The van der Waals surface area contributed by atoms with Gasteiger partial charge in [0.25, 0.3) is 0 Å². The lowest BCUT2D eigenvalue weighted by molar-refractivity contribution is 0.406. The van der Waals surface area contributed by atoms with Crippen LogP contribution < -0.4 is 0 Å². The summed E-state index contributed by atoms with van der Waals surface area (Å²) in [7, 11) is 0. The van der Waals surface area contributed by atoms with Gasteiger partial charge < -0.3 is 0 Å². The van der Waals surface area contributed by atoms with Gasteiger partial charge in [0.1, 0.15) is 5.84 Å². The molecule has 22 heavy (non-hydrogen) atoms. The van der Waals surface area contributed by atoms with Crippen LogP contribution in [0, 0.1) is 23.8 Å². The van der Waals surface area contributed by atoms with Crippen LogP contribution in [0.2, 0.25) is 0 Å². The van der Waals surface area contributed by atoms with Crippen molar-refractivity contribution in [3.05, 3.63) is 65.5 Å². The molecule has 1 N–H and O–H groups in total. The molecular formula is C18H20N4. The molecule has 0 aliphatic heterocycles. The zero-order chi connectivity index (χ0) is 15.9. The van der Waals surface area contributed by atoms with E-state index in [1.165, 1.54) is 4.90 Å². The maximum absolute atomic E-state index is 9.53. The van der Waals surface area contributed by atoms with Gasteiger partial charge in [-0.05, 0) is 30.5 Å². The number of amidine groups is 1. The van der Waals surface area contributed by atoms with E-state index in [9.17, 15) is 5.26 Å². The fourth-order valence-electron chi connectivity index (χ4n) is 2.53. The number of nitriles is 1. The highest BCUT2D eigenvalue weighted by Gasteiger charge is 2.21. The summed E-state index contributed by atoms with van der Waals surface area (Å²) in [5, 5.41) is 17.9. The fourth-order valence-corrected chi connectivity index (χ4v) is 2.53. The molecule has 0 saturated carbocycles. The third-order valence-corrected chi connectivity index (χ3v) is 3.76. The molecule has 0 spiro atoms. The van der Waals surface area contributed by atoms with Crippen molar-refractivity contribution >= 4 is 5.84 Å². The van der Waals surface area contributed by atoms with Crippen LogP contribution in [-0.4, -0.2) is 15.7 Å². The van der Waals surface area contributed by atoms with Gasteiger partial charge in [-0.2, -0.15) is 5.26 Å². The Morgan fingerprint density at radius 2 is 2.00 bits per heavy atom. The molecule has 112 valence electrons. The molecule has 1 aromatic carbocycles. The van der Waals surface area contributed by atoms with Gasteiger partial charge in [-0.1, -0.05) is 43.3 Å². The largest absolute Gasteiger partial charge is 0.287 e. The second-order valence-electron chi connectivity index (χ2n) is 5.18. The van der Waals surface area contributed by atoms with Crippen LogP contribution >= 0.6 is 0 Å². The van der Waals surface area contributed by atoms with Crippen LogP contribution in [0.5, 0.6) is 0 Å². The van der Waals surface area contributed by atoms with E-state index in [1.807, 2.05) is 56.3 Å². The lowest BCUT2D eigenvalue weighted by Crippen LogP contribution is -2.31. The van der Waals surface area contributed by atoms with Crippen molar-refractivity contribution in [1.29, 1.82) is 10.7 Å². The van der Waals surface area contributed by atoms with Gasteiger partial charge in [0.05, 0.1) is 6.04 Å². The number of nitrogens with one attached hydrogen (secondary N) is 1. The predicted molar refractivity (Wildman–Crippen MR) is 87.3 cm³/mol. The summed E-state index contributed by atoms with van der Waals surface area (Å²) >= 11 is 0. The number of aromatic nitrogens is 1. The van der Waals surface area contributed by atoms with E-state index in [2.05, 4.69) is 11.2 Å². The normalized spacial score (nSPS) is 11.5. The number of hydrogen-bond donors (Lipinski definition) is 1. The highest BCUT2D eigenvalue weighted by molar-refractivity contribution is 5.83. The molecule has 1 aromatic heterocycles. The summed E-state index contributed by atoms with van der Waals surface area (Å²) in [6.45, 7) is 3.96. The molecule has 0 aliphatic carbocycles. The van der Waals surface area contributed by atoms with Gasteiger partial charge in [0.15, 0.2) is 6.19 Å². The number of rotatable bonds is 5. The van der Waals surface area contributed by atoms with E-state index < -0.39 is 0 Å². The zero-order valence-electron chi connectivity index (χ0n) is 13.0. The third kappa shape index (κ3) is 3.50. The Bertz CT molecular complexity index is 673. The molecule has 0 saturated heterocycles. The SMILES string of the molecule is CC[C@H](c1ccccc1)N(C#N)C(=N)Cc1cccnc1C. The Morgan fingerprint density at radius 3 is 2.59 bits per heavy atom. The van der Waals surface area contributed by atoms with Crippen LogP contribution in [0.25, 0.3) is 0 Å². The minimum Gasteiger partial charge on any atom is -0.287 e. The summed E-state index contributed by atoms with van der Waals surface area (Å²) in [6, 6.07) is 13.6. The van der Waals surface area contributed by atoms with E-state index in [0.717, 1.165) is 23.2 Å². The van der Waals surface area contributed by atoms with Crippen molar-refractivity contribution in [3.8, 4) is 6.19 Å². The molecular weight excluding hydrogens is 272 g/mol. The molecule has 0 unspecified atom stereocenters. The maximum atomic E-state index is 9.53. The van der Waals surface area contributed by atoms with Crippen LogP contribution in [0.15, 0.2) is 48.7 Å². The van der Waals surface area contributed by atoms with Crippen molar-refractivity contribution in [2.75, 3.05) is 0 Å². The van der Waals surface area contributed by atoms with Crippen molar-refractivity contribution in [3.63, 3.8) is 0 Å². The lowest BCUT2D eigenvalue weighted by Gasteiger charge is -2.26. The van der Waals surface area contributed by atoms with Crippen molar-refractivity contribution in [2.45, 2.75) is 32.7 Å². The Labute approximate surface area is 131 Å². The average molecular weight is 292 g/mol. The predicted octanol–water partition coefficient (Wildman–Crippen LogP) is 3.84. The molecule has 0 bridgehead atoms. The van der Waals surface area contributed by atoms with Crippen molar-refractivity contribution in [2.24, 2.45) is 0 Å². The first-order valence-corrected chi connectivity index (χ1v) is 7.39. The minimum absolute atomic E-state index is 0.101. The maximum Gasteiger partial charge on any atom is 0.185 e. The highest BCUT2D eigenvalue weighted by Crippen LogP contribution is 2.24. The van der Waals surface area contributed by atoms with E-state index >= 15 is 0 Å². The van der Waals surface area contributed by atoms with Crippen LogP contribution in [0.3, 0.4) is 0 Å². The molecule has 0 radical (unpaired) electrons. The zero-order valence-corrected chi connectivity index (χ0v) is 13.0. The Morgan fingerprint density at radius 1 is 1.27 bits per heavy atom. The van der Waals surface area contributed by atoms with Gasteiger partial charge >= 0.3 is 0 Å². The molecule has 4 heteroatoms. The molecule has 4 nitrogen and oxygen atoms in total. The van der Waals surface area contributed by atoms with Gasteiger partial charge in [-0.15, -0.1) is 0 Å². The first kappa shape index (κ1) is 15.7. The van der Waals surface area contributed by atoms with Gasteiger partial charge in [-0.25, -0.2) is 0 Å². The second-order valence-corrected chi connectivity index (χ2v) is 5.18. The molecule has 2 aromatic rings. The van der Waals surface area contributed by atoms with Crippen molar-refractivity contribution in [1.82, 2.24) is 9.88 Å². The first-order chi connectivity index (χ1) is 10.7. The van der Waals surface area contributed by atoms with Crippen LogP contribution in [-0.2, 0) is 6.42 Å². The molecule has 2 rings (SSSR count). The quantitative estimate of drug-likeness (QED) is 0.394. The Kier molecular flexibility index (Phi) is 5.26. The molecule has 0 amide bonds. The molecule has 1 heterocycles. The monoisotopic (exact) mass is 292 g/mol. The highest BCUT2D eigenvalue weighted by atomic mass is 15.2. The molecule has 1 atom stereocenters. The van der Waals surface area contributed by atoms with Gasteiger partial charge in [0.2, 0.25) is 0 Å². The summed E-state index contributed by atoms with van der Waals surface area (Å²) in [4.78, 5) is 5.74. The van der Waals surface area contributed by atoms with Crippen LogP contribution in [0.1, 0.15) is 36.2 Å². The summed E-state index contributed by atoms with van der Waals surface area (Å²) in [5.41, 5.74) is 2.94. The van der Waals surface area contributed by atoms with Gasteiger partial charge in [0, 0.05) is 18.3 Å². The number of aryl methyl sites for hydroxylation is 1. The Balaban J connectivity index is 2.22. The topological polar surface area (TPSA) is 63.8 Å². The average Bonchev–Trinajstić information content (AvgIpc) is 2.55. The third-order valence-electron chi connectivity index (χ3n) is 3.76. The standard InChI is InChI=1S/C18H20N4/c1-3-17(15-8-5-4-6-9-15)22(13-19)18(20)12-16-10-7-11-21-14(16)2/h4-11,17,20H,3,12H2,1-2H3/t17-/m1/s1. The Hall–Kier alpha value is -2.67. The number of nitrogens with zero attached hydrogens (tertiary/aromatic N) is 3. The van der Waals surface area contributed by atoms with Crippen LogP contribution in [0.4, 0.5) is 0 Å². The summed E-state index contributed by atoms with van der Waals surface area (Å²) in [6.07, 6.45) is 5.10. The molecule has 0 fully saturated rings. The number of benzene rings is 1. The number of pyridine rings is 1. The second kappa shape index (κ2) is 7.37. The van der Waals surface area contributed by atoms with E-state index in [-0.39, 0.29) is 6.04 Å². The van der Waals surface area contributed by atoms with Crippen molar-refractivity contribution < 1.29 is 0 Å². The summed E-state index contributed by atoms with van der Waals surface area (Å²) < 4.78 is 0. The fraction of sp³-hybridized carbons (Fsp3) is 0.278. The smallest absolute Gasteiger partial charge is 0.185 e. The first-order valence-electron chi connectivity index (χ1n) is 7.39. The molecule has 0 aliphatic rings. The van der Waals surface area contributed by atoms with E-state index in [0.29, 0.717) is 12.3 Å². The van der Waals surface area contributed by atoms with E-state index in [1.54, 1.807) is 6.20 Å². The van der Waals surface area contributed by atoms with Gasteiger partial charge in [-0.3, -0.25) is 15.3 Å². The summed E-state index contributed by atoms with van der Waals surface area (Å²) in [5.74, 6) is 0.300. The minimum atomic E-state index is -0.101.